The average molecular weight is 907 g/mol. The Morgan fingerprint density at radius 1 is 0.477 bits per heavy atom. The molecule has 0 aromatic heterocycles. The first-order chi connectivity index (χ1) is 31.6. The van der Waals surface area contributed by atoms with Crippen molar-refractivity contribution in [2.45, 2.75) is 180 Å². The van der Waals surface area contributed by atoms with Gasteiger partial charge in [-0.05, 0) is 77.0 Å². The molecule has 0 spiro atoms. The van der Waals surface area contributed by atoms with Crippen LogP contribution in [0.5, 0.6) is 0 Å². The third kappa shape index (κ3) is 47.7. The van der Waals surface area contributed by atoms with Gasteiger partial charge in [0.05, 0.1) is 34.4 Å². The lowest BCUT2D eigenvalue weighted by atomic mass is 10.1. The van der Waals surface area contributed by atoms with Crippen LogP contribution in [-0.4, -0.2) is 87.4 Å². The van der Waals surface area contributed by atoms with Gasteiger partial charge >= 0.3 is 17.9 Å². The van der Waals surface area contributed by atoms with Crippen molar-refractivity contribution in [3.05, 3.63) is 109 Å². The maximum absolute atomic E-state index is 12.8. The van der Waals surface area contributed by atoms with Crippen LogP contribution in [0.15, 0.2) is 109 Å². The van der Waals surface area contributed by atoms with Crippen molar-refractivity contribution in [3.8, 4) is 0 Å². The van der Waals surface area contributed by atoms with Gasteiger partial charge < -0.3 is 28.5 Å². The Bertz CT molecular complexity index is 1430. The molecule has 0 bridgehead atoms. The number of carbonyl (C=O) groups excluding carboxylic acids is 2. The molecule has 368 valence electrons. The fraction of sp³-hybridized carbons (Fsp3) is 0.625. The van der Waals surface area contributed by atoms with Crippen molar-refractivity contribution in [2.24, 2.45) is 0 Å². The number of carboxylic acid groups (broad SMARTS) is 1. The number of carbonyl (C=O) groups is 3. The molecule has 65 heavy (non-hydrogen) atoms. The van der Waals surface area contributed by atoms with Crippen LogP contribution in [0.3, 0.4) is 0 Å². The Labute approximate surface area is 396 Å². The lowest BCUT2D eigenvalue weighted by Crippen LogP contribution is -2.40. The number of nitrogens with zero attached hydrogens (tertiary/aromatic N) is 1. The van der Waals surface area contributed by atoms with E-state index in [0.717, 1.165) is 77.0 Å². The molecule has 0 aliphatic rings. The van der Waals surface area contributed by atoms with Crippen molar-refractivity contribution in [3.63, 3.8) is 0 Å². The highest BCUT2D eigenvalue weighted by Crippen LogP contribution is 2.13. The van der Waals surface area contributed by atoms with Gasteiger partial charge in [-0.1, -0.05) is 187 Å². The van der Waals surface area contributed by atoms with Gasteiger partial charge in [0.2, 0.25) is 0 Å². The molecule has 0 aliphatic carbocycles. The first-order valence-corrected chi connectivity index (χ1v) is 25.1. The molecular weight excluding hydrogens is 815 g/mol. The molecule has 0 saturated carbocycles. The molecule has 0 saturated heterocycles. The summed E-state index contributed by atoms with van der Waals surface area (Å²) in [7, 11) is 5.93. The molecule has 9 nitrogen and oxygen atoms in total. The molecule has 0 rings (SSSR count). The minimum Gasteiger partial charge on any atom is -0.477 e. The predicted molar refractivity (Wildman–Crippen MR) is 271 cm³/mol. The Balaban J connectivity index is 4.44. The van der Waals surface area contributed by atoms with Crippen LogP contribution in [-0.2, 0) is 33.3 Å². The molecule has 0 radical (unpaired) electrons. The van der Waals surface area contributed by atoms with E-state index in [2.05, 4.69) is 123 Å². The lowest BCUT2D eigenvalue weighted by molar-refractivity contribution is -0.870. The SMILES string of the molecule is CC/C=C\C/C=C\C/C=C\C/C=C\C/C=C\C/C=C\C/C=C\C/C=C\C/C=C\CCCC(=O)OC(COC(=O)CCCCCCCCCCCCC)COC(OCC[N+](C)(C)C)C(=O)O. The summed E-state index contributed by atoms with van der Waals surface area (Å²) >= 11 is 0. The zero-order valence-electron chi connectivity index (χ0n) is 41.6. The Kier molecular flexibility index (Phi) is 43.6. The number of likely N-dealkylation sites (N-methyl/N-ethyl adjacent to an activating group) is 1. The number of carboxylic acids is 1. The quantitative estimate of drug-likeness (QED) is 0.0212. The van der Waals surface area contributed by atoms with Gasteiger partial charge in [0, 0.05) is 12.8 Å². The van der Waals surface area contributed by atoms with Crippen LogP contribution >= 0.6 is 0 Å². The van der Waals surface area contributed by atoms with E-state index in [4.69, 9.17) is 18.9 Å². The molecular formula is C56H92NO8+. The zero-order valence-corrected chi connectivity index (χ0v) is 41.6. The molecule has 0 heterocycles. The highest BCUT2D eigenvalue weighted by atomic mass is 16.7. The molecule has 0 amide bonds. The van der Waals surface area contributed by atoms with Gasteiger partial charge in [-0.25, -0.2) is 4.79 Å². The summed E-state index contributed by atoms with van der Waals surface area (Å²) in [6, 6.07) is 0. The van der Waals surface area contributed by atoms with Crippen LogP contribution in [0.1, 0.15) is 168 Å². The summed E-state index contributed by atoms with van der Waals surface area (Å²) in [4.78, 5) is 37.1. The smallest absolute Gasteiger partial charge is 0.361 e. The second kappa shape index (κ2) is 46.5. The summed E-state index contributed by atoms with van der Waals surface area (Å²) in [5.74, 6) is -2.10. The van der Waals surface area contributed by atoms with Gasteiger partial charge in [-0.15, -0.1) is 0 Å². The summed E-state index contributed by atoms with van der Waals surface area (Å²) < 4.78 is 22.7. The standard InChI is InChI=1S/C56H91NO8/c1-6-8-10-12-14-16-18-19-20-21-22-23-24-25-26-27-28-29-30-31-32-33-34-35-37-39-41-43-45-47-54(59)65-52(51-64-56(55(60)61)62-49-48-57(3,4)5)50-63-53(58)46-44-42-40-38-36-17-15-13-11-9-7-2/h8,10,14,16,19-20,22-23,25-26,28-29,31-32,34-35,39,41,52,56H,6-7,9,11-13,15,17-18,21,24,27,30,33,36-38,40,42-51H2,1-5H3/p+1/b10-8-,16-14-,20-19-,23-22-,26-25-,29-28-,32-31-,35-34-,41-39-. The number of esters is 2. The van der Waals surface area contributed by atoms with E-state index >= 15 is 0 Å². The molecule has 0 aliphatic heterocycles. The van der Waals surface area contributed by atoms with Crippen molar-refractivity contribution in [2.75, 3.05) is 47.5 Å². The number of ether oxygens (including phenoxy) is 4. The number of quaternary nitrogens is 1. The lowest BCUT2D eigenvalue weighted by Gasteiger charge is -2.25. The van der Waals surface area contributed by atoms with E-state index in [1.54, 1.807) is 0 Å². The normalized spacial score (nSPS) is 13.8. The zero-order chi connectivity index (χ0) is 47.7. The number of aliphatic carboxylic acids is 1. The number of allylic oxidation sites excluding steroid dienone is 18. The first kappa shape index (κ1) is 60.9. The summed E-state index contributed by atoms with van der Waals surface area (Å²) in [5, 5.41) is 9.64. The maximum Gasteiger partial charge on any atom is 0.361 e. The molecule has 9 heteroatoms. The van der Waals surface area contributed by atoms with Gasteiger partial charge in [-0.2, -0.15) is 0 Å². The van der Waals surface area contributed by atoms with Crippen LogP contribution < -0.4 is 0 Å². The maximum atomic E-state index is 12.8. The van der Waals surface area contributed by atoms with Gasteiger partial charge in [-0.3, -0.25) is 9.59 Å². The van der Waals surface area contributed by atoms with Gasteiger partial charge in [0.15, 0.2) is 6.10 Å². The molecule has 1 N–H and O–H groups in total. The van der Waals surface area contributed by atoms with Gasteiger partial charge in [0.25, 0.3) is 6.29 Å². The minimum atomic E-state index is -1.53. The highest BCUT2D eigenvalue weighted by Gasteiger charge is 2.25. The number of rotatable bonds is 44. The van der Waals surface area contributed by atoms with E-state index in [1.807, 2.05) is 21.1 Å². The van der Waals surface area contributed by atoms with Crippen LogP contribution in [0.4, 0.5) is 0 Å². The molecule has 0 aromatic carbocycles. The van der Waals surface area contributed by atoms with E-state index in [0.29, 0.717) is 23.9 Å². The van der Waals surface area contributed by atoms with Crippen LogP contribution in [0, 0.1) is 0 Å². The van der Waals surface area contributed by atoms with E-state index < -0.39 is 24.3 Å². The number of unbranched alkanes of at least 4 members (excludes halogenated alkanes) is 11. The summed E-state index contributed by atoms with van der Waals surface area (Å²) in [6.45, 7) is 4.65. The fourth-order valence-corrected chi connectivity index (χ4v) is 6.19. The van der Waals surface area contributed by atoms with E-state index in [1.165, 1.54) is 51.4 Å². The highest BCUT2D eigenvalue weighted by molar-refractivity contribution is 5.71. The average Bonchev–Trinajstić information content (AvgIpc) is 3.27. The molecule has 2 atom stereocenters. The van der Waals surface area contributed by atoms with Crippen molar-refractivity contribution < 1.29 is 42.9 Å². The first-order valence-electron chi connectivity index (χ1n) is 25.1. The number of hydrogen-bond donors (Lipinski definition) is 1. The molecule has 2 unspecified atom stereocenters. The summed E-state index contributed by atoms with van der Waals surface area (Å²) in [6.07, 6.45) is 60.3. The summed E-state index contributed by atoms with van der Waals surface area (Å²) in [5.41, 5.74) is 0. The van der Waals surface area contributed by atoms with Crippen molar-refractivity contribution in [1.29, 1.82) is 0 Å². The predicted octanol–water partition coefficient (Wildman–Crippen LogP) is 14.0. The van der Waals surface area contributed by atoms with Gasteiger partial charge in [0.1, 0.15) is 13.2 Å². The third-order valence-electron chi connectivity index (χ3n) is 10.0. The van der Waals surface area contributed by atoms with Crippen LogP contribution in [0.2, 0.25) is 0 Å². The minimum absolute atomic E-state index is 0.172. The topological polar surface area (TPSA) is 108 Å². The van der Waals surface area contributed by atoms with Crippen molar-refractivity contribution >= 4 is 17.9 Å². The van der Waals surface area contributed by atoms with Crippen LogP contribution in [0.25, 0.3) is 0 Å². The molecule has 0 aromatic rings. The number of hydrogen-bond acceptors (Lipinski definition) is 7. The van der Waals surface area contributed by atoms with E-state index in [9.17, 15) is 19.5 Å². The Morgan fingerprint density at radius 3 is 1.29 bits per heavy atom. The fourth-order valence-electron chi connectivity index (χ4n) is 6.19. The Morgan fingerprint density at radius 2 is 0.877 bits per heavy atom. The monoisotopic (exact) mass is 907 g/mol. The second-order valence-corrected chi connectivity index (χ2v) is 17.4. The molecule has 0 fully saturated rings. The third-order valence-corrected chi connectivity index (χ3v) is 10.0. The Hall–Kier alpha value is -4.05. The second-order valence-electron chi connectivity index (χ2n) is 17.4. The largest absolute Gasteiger partial charge is 0.477 e. The van der Waals surface area contributed by atoms with Crippen molar-refractivity contribution in [1.82, 2.24) is 0 Å². The van der Waals surface area contributed by atoms with E-state index in [-0.39, 0.29) is 38.6 Å².